The molecule has 6 nitrogen and oxygen atoms in total. The monoisotopic (exact) mass is 361 g/mol. The molecule has 1 heterocycles. The molecule has 7 heteroatoms. The smallest absolute Gasteiger partial charge is 0.323 e. The molecule has 1 atom stereocenters. The lowest BCUT2D eigenvalue weighted by Crippen LogP contribution is -2.39. The lowest BCUT2D eigenvalue weighted by molar-refractivity contribution is -0.146. The number of amides is 1. The van der Waals surface area contributed by atoms with E-state index in [1.54, 1.807) is 23.7 Å². The van der Waals surface area contributed by atoms with Gasteiger partial charge < -0.3 is 10.0 Å². The zero-order valence-electron chi connectivity index (χ0n) is 15.5. The summed E-state index contributed by atoms with van der Waals surface area (Å²) in [6, 6.07) is 5.70. The van der Waals surface area contributed by atoms with E-state index in [9.17, 15) is 14.0 Å². The van der Waals surface area contributed by atoms with Crippen molar-refractivity contribution in [3.05, 3.63) is 52.6 Å². The normalized spacial score (nSPS) is 12.0. The summed E-state index contributed by atoms with van der Waals surface area (Å²) in [5, 5.41) is 13.5. The van der Waals surface area contributed by atoms with Gasteiger partial charge in [-0.3, -0.25) is 14.3 Å². The highest BCUT2D eigenvalue weighted by atomic mass is 19.1. The van der Waals surface area contributed by atoms with Crippen molar-refractivity contribution in [1.29, 1.82) is 0 Å². The number of rotatable bonds is 7. The van der Waals surface area contributed by atoms with Crippen molar-refractivity contribution in [2.45, 2.75) is 33.7 Å². The molecule has 0 saturated carbocycles. The van der Waals surface area contributed by atoms with Gasteiger partial charge in [0.25, 0.3) is 0 Å². The summed E-state index contributed by atoms with van der Waals surface area (Å²) < 4.78 is 14.8. The average Bonchev–Trinajstić information content (AvgIpc) is 2.81. The fourth-order valence-electron chi connectivity index (χ4n) is 3.00. The molecule has 0 aliphatic heterocycles. The minimum absolute atomic E-state index is 0.126. The number of aryl methyl sites for hydroxylation is 2. The van der Waals surface area contributed by atoms with Gasteiger partial charge in [-0.15, -0.1) is 0 Å². The lowest BCUT2D eigenvalue weighted by atomic mass is 9.98. The standard InChI is InChI=1S/C19H24FN3O3/c1-12(9-17-13(2)21-22(4)14(17)3)19(26)23(11-18(24)25)10-15-5-7-16(20)8-6-15/h5-8,12H,9-11H2,1-4H3,(H,24,25). The number of aromatic nitrogens is 2. The molecular weight excluding hydrogens is 337 g/mol. The molecule has 0 radical (unpaired) electrons. The Morgan fingerprint density at radius 2 is 1.88 bits per heavy atom. The van der Waals surface area contributed by atoms with Gasteiger partial charge in [0.05, 0.1) is 5.69 Å². The summed E-state index contributed by atoms with van der Waals surface area (Å²) in [5.41, 5.74) is 3.55. The summed E-state index contributed by atoms with van der Waals surface area (Å²) in [7, 11) is 1.85. The predicted molar refractivity (Wildman–Crippen MR) is 95.0 cm³/mol. The largest absolute Gasteiger partial charge is 0.480 e. The van der Waals surface area contributed by atoms with E-state index in [1.807, 2.05) is 20.9 Å². The number of hydrogen-bond donors (Lipinski definition) is 1. The molecule has 26 heavy (non-hydrogen) atoms. The third-order valence-corrected chi connectivity index (χ3v) is 4.52. The third-order valence-electron chi connectivity index (χ3n) is 4.52. The minimum Gasteiger partial charge on any atom is -0.480 e. The number of halogens is 1. The molecule has 1 unspecified atom stereocenters. The Morgan fingerprint density at radius 3 is 2.38 bits per heavy atom. The lowest BCUT2D eigenvalue weighted by Gasteiger charge is -2.24. The average molecular weight is 361 g/mol. The van der Waals surface area contributed by atoms with Crippen molar-refractivity contribution in [2.24, 2.45) is 13.0 Å². The number of carbonyl (C=O) groups excluding carboxylic acids is 1. The number of hydrogen-bond acceptors (Lipinski definition) is 3. The van der Waals surface area contributed by atoms with E-state index in [4.69, 9.17) is 5.11 Å². The minimum atomic E-state index is -1.08. The number of aliphatic carboxylic acids is 1. The molecule has 1 aromatic heterocycles. The van der Waals surface area contributed by atoms with Gasteiger partial charge in [-0.25, -0.2) is 4.39 Å². The van der Waals surface area contributed by atoms with Crippen LogP contribution in [-0.4, -0.2) is 38.2 Å². The number of carbonyl (C=O) groups is 2. The SMILES string of the molecule is Cc1nn(C)c(C)c1CC(C)C(=O)N(CC(=O)O)Cc1ccc(F)cc1. The quantitative estimate of drug-likeness (QED) is 0.822. The number of benzene rings is 1. The van der Waals surface area contributed by atoms with Crippen molar-refractivity contribution in [3.63, 3.8) is 0 Å². The fraction of sp³-hybridized carbons (Fsp3) is 0.421. The van der Waals surface area contributed by atoms with Crippen LogP contribution < -0.4 is 0 Å². The third kappa shape index (κ3) is 4.68. The van der Waals surface area contributed by atoms with Crippen LogP contribution in [0.3, 0.4) is 0 Å². The van der Waals surface area contributed by atoms with Crippen LogP contribution in [0.1, 0.15) is 29.4 Å². The molecule has 0 fully saturated rings. The predicted octanol–water partition coefficient (Wildman–Crippen LogP) is 2.47. The van der Waals surface area contributed by atoms with E-state index < -0.39 is 18.4 Å². The van der Waals surface area contributed by atoms with Crippen LogP contribution in [0.15, 0.2) is 24.3 Å². The highest BCUT2D eigenvalue weighted by molar-refractivity contribution is 5.83. The van der Waals surface area contributed by atoms with Gasteiger partial charge in [0, 0.05) is 25.2 Å². The topological polar surface area (TPSA) is 75.4 Å². The van der Waals surface area contributed by atoms with Crippen molar-refractivity contribution >= 4 is 11.9 Å². The number of nitrogens with zero attached hydrogens (tertiary/aromatic N) is 3. The molecule has 0 saturated heterocycles. The molecule has 2 rings (SSSR count). The van der Waals surface area contributed by atoms with Crippen molar-refractivity contribution < 1.29 is 19.1 Å². The summed E-state index contributed by atoms with van der Waals surface area (Å²) in [4.78, 5) is 25.3. The molecule has 2 aromatic rings. The molecule has 0 aliphatic carbocycles. The Labute approximate surface area is 152 Å². The Kier molecular flexibility index (Phi) is 6.13. The van der Waals surface area contributed by atoms with Gasteiger partial charge in [-0.1, -0.05) is 19.1 Å². The molecule has 0 spiro atoms. The molecule has 1 aromatic carbocycles. The Balaban J connectivity index is 2.16. The van der Waals surface area contributed by atoms with Crippen LogP contribution in [0, 0.1) is 25.6 Å². The van der Waals surface area contributed by atoms with Crippen molar-refractivity contribution in [2.75, 3.05) is 6.54 Å². The van der Waals surface area contributed by atoms with E-state index in [1.165, 1.54) is 17.0 Å². The molecule has 0 aliphatic rings. The first-order valence-electron chi connectivity index (χ1n) is 8.43. The zero-order chi connectivity index (χ0) is 19.4. The van der Waals surface area contributed by atoms with Crippen LogP contribution in [0.5, 0.6) is 0 Å². The van der Waals surface area contributed by atoms with E-state index >= 15 is 0 Å². The van der Waals surface area contributed by atoms with Crippen LogP contribution in [0.4, 0.5) is 4.39 Å². The van der Waals surface area contributed by atoms with Crippen LogP contribution in [0.25, 0.3) is 0 Å². The summed E-state index contributed by atoms with van der Waals surface area (Å²) in [6.45, 7) is 5.35. The second-order valence-electron chi connectivity index (χ2n) is 6.59. The van der Waals surface area contributed by atoms with Gasteiger partial charge in [-0.05, 0) is 43.5 Å². The van der Waals surface area contributed by atoms with E-state index in [0.717, 1.165) is 17.0 Å². The summed E-state index contributed by atoms with van der Waals surface area (Å²) in [6.07, 6.45) is 0.490. The highest BCUT2D eigenvalue weighted by Crippen LogP contribution is 2.19. The maximum absolute atomic E-state index is 13.1. The first-order chi connectivity index (χ1) is 12.2. The highest BCUT2D eigenvalue weighted by Gasteiger charge is 2.25. The van der Waals surface area contributed by atoms with Crippen LogP contribution in [-0.2, 0) is 29.6 Å². The molecule has 1 N–H and O–H groups in total. The maximum Gasteiger partial charge on any atom is 0.323 e. The van der Waals surface area contributed by atoms with Gasteiger partial charge in [-0.2, -0.15) is 5.10 Å². The van der Waals surface area contributed by atoms with E-state index in [-0.39, 0.29) is 18.3 Å². The molecule has 0 bridgehead atoms. The first kappa shape index (κ1) is 19.6. The van der Waals surface area contributed by atoms with Gasteiger partial charge in [0.1, 0.15) is 12.4 Å². The van der Waals surface area contributed by atoms with Crippen LogP contribution >= 0.6 is 0 Å². The molecule has 140 valence electrons. The summed E-state index contributed by atoms with van der Waals surface area (Å²) in [5.74, 6) is -2.10. The number of carboxylic acid groups (broad SMARTS) is 1. The first-order valence-corrected chi connectivity index (χ1v) is 8.43. The fourth-order valence-corrected chi connectivity index (χ4v) is 3.00. The second kappa shape index (κ2) is 8.12. The Hall–Kier alpha value is -2.70. The van der Waals surface area contributed by atoms with Gasteiger partial charge >= 0.3 is 5.97 Å². The molecular formula is C19H24FN3O3. The van der Waals surface area contributed by atoms with E-state index in [0.29, 0.717) is 12.0 Å². The van der Waals surface area contributed by atoms with Crippen molar-refractivity contribution in [1.82, 2.24) is 14.7 Å². The van der Waals surface area contributed by atoms with Crippen LogP contribution in [0.2, 0.25) is 0 Å². The molecule has 1 amide bonds. The second-order valence-corrected chi connectivity index (χ2v) is 6.59. The summed E-state index contributed by atoms with van der Waals surface area (Å²) >= 11 is 0. The number of carboxylic acids is 1. The van der Waals surface area contributed by atoms with Crippen molar-refractivity contribution in [3.8, 4) is 0 Å². The zero-order valence-corrected chi connectivity index (χ0v) is 15.5. The van der Waals surface area contributed by atoms with Gasteiger partial charge in [0.15, 0.2) is 0 Å². The van der Waals surface area contributed by atoms with Gasteiger partial charge in [0.2, 0.25) is 5.91 Å². The Morgan fingerprint density at radius 1 is 1.27 bits per heavy atom. The Bertz CT molecular complexity index is 799. The van der Waals surface area contributed by atoms with E-state index in [2.05, 4.69) is 5.10 Å². The maximum atomic E-state index is 13.1.